The second-order valence-corrected chi connectivity index (χ2v) is 10.1. The van der Waals surface area contributed by atoms with Gasteiger partial charge in [-0.2, -0.15) is 0 Å². The van der Waals surface area contributed by atoms with Crippen LogP contribution in [0.5, 0.6) is 0 Å². The molecule has 4 amide bonds. The predicted octanol–water partition coefficient (Wildman–Crippen LogP) is 1.47. The maximum atomic E-state index is 13.5. The van der Waals surface area contributed by atoms with E-state index in [1.54, 1.807) is 13.8 Å². The zero-order chi connectivity index (χ0) is 26.3. The van der Waals surface area contributed by atoms with Gasteiger partial charge in [-0.1, -0.05) is 44.2 Å². The Morgan fingerprint density at radius 1 is 1.20 bits per heavy atom. The van der Waals surface area contributed by atoms with Crippen molar-refractivity contribution in [2.45, 2.75) is 71.0 Å². The molecule has 5 N–H and O–H groups in total. The summed E-state index contributed by atoms with van der Waals surface area (Å²) in [5.41, 5.74) is 5.13. The molecule has 1 aromatic carbocycles. The number of hydrogen-bond donors (Lipinski definition) is 4. The number of ketones is 1. The van der Waals surface area contributed by atoms with Crippen molar-refractivity contribution in [3.8, 4) is 0 Å². The Kier molecular flexibility index (Phi) is 9.39. The van der Waals surface area contributed by atoms with Gasteiger partial charge >= 0.3 is 6.09 Å². The Morgan fingerprint density at radius 2 is 1.83 bits per heavy atom. The number of nitrogens with two attached hydrogens (primary N) is 1. The third kappa shape index (κ3) is 7.53. The van der Waals surface area contributed by atoms with Gasteiger partial charge in [-0.15, -0.1) is 0 Å². The average molecular weight is 489 g/mol. The highest BCUT2D eigenvalue weighted by Gasteiger charge is 2.42. The summed E-state index contributed by atoms with van der Waals surface area (Å²) < 4.78 is 0. The Hall–Kier alpha value is -3.43. The second kappa shape index (κ2) is 11.8. The Morgan fingerprint density at radius 3 is 2.31 bits per heavy atom. The van der Waals surface area contributed by atoms with Gasteiger partial charge in [0.15, 0.2) is 0 Å². The van der Waals surface area contributed by atoms with Crippen molar-refractivity contribution in [1.29, 1.82) is 0 Å². The first-order chi connectivity index (χ1) is 16.3. The van der Waals surface area contributed by atoms with E-state index in [2.05, 4.69) is 10.6 Å². The fourth-order valence-corrected chi connectivity index (χ4v) is 4.60. The summed E-state index contributed by atoms with van der Waals surface area (Å²) in [4.78, 5) is 63.3. The molecular formula is C25H36N4O6. The quantitative estimate of drug-likeness (QED) is 0.326. The van der Waals surface area contributed by atoms with Gasteiger partial charge in [0.25, 0.3) is 5.91 Å². The van der Waals surface area contributed by atoms with E-state index in [1.807, 2.05) is 44.2 Å². The van der Waals surface area contributed by atoms with Crippen molar-refractivity contribution in [3.63, 3.8) is 0 Å². The summed E-state index contributed by atoms with van der Waals surface area (Å²) in [6.07, 6.45) is -0.363. The van der Waals surface area contributed by atoms with Crippen LogP contribution in [0.2, 0.25) is 0 Å². The number of primary amides is 1. The molecular weight excluding hydrogens is 452 g/mol. The van der Waals surface area contributed by atoms with Crippen LogP contribution in [-0.2, 0) is 25.6 Å². The second-order valence-electron chi connectivity index (χ2n) is 10.1. The normalized spacial score (nSPS) is 17.4. The summed E-state index contributed by atoms with van der Waals surface area (Å²) in [5.74, 6) is -3.83. The number of carbonyl (C=O) groups is 5. The molecule has 1 heterocycles. The molecule has 10 heteroatoms. The van der Waals surface area contributed by atoms with Crippen LogP contribution in [0.4, 0.5) is 4.79 Å². The van der Waals surface area contributed by atoms with Gasteiger partial charge in [0, 0.05) is 18.0 Å². The van der Waals surface area contributed by atoms with E-state index in [9.17, 15) is 29.1 Å². The first kappa shape index (κ1) is 27.8. The lowest BCUT2D eigenvalue weighted by molar-refractivity contribution is -0.140. The molecule has 0 spiro atoms. The fourth-order valence-electron chi connectivity index (χ4n) is 4.60. The minimum absolute atomic E-state index is 0.0500. The van der Waals surface area contributed by atoms with Crippen LogP contribution in [0.25, 0.3) is 0 Å². The molecule has 1 saturated heterocycles. The van der Waals surface area contributed by atoms with Crippen LogP contribution in [0.3, 0.4) is 0 Å². The van der Waals surface area contributed by atoms with E-state index >= 15 is 0 Å². The molecule has 1 aromatic rings. The van der Waals surface area contributed by atoms with E-state index < -0.39 is 47.2 Å². The Bertz CT molecular complexity index is 947. The third-order valence-electron chi connectivity index (χ3n) is 6.21. The minimum atomic E-state index is -1.32. The number of Topliss-reactive ketones (excluding diaryl/α,β-unsaturated/α-hetero) is 1. The highest BCUT2D eigenvalue weighted by Crippen LogP contribution is 2.27. The highest BCUT2D eigenvalue weighted by molar-refractivity contribution is 6.37. The lowest BCUT2D eigenvalue weighted by Crippen LogP contribution is -2.61. The van der Waals surface area contributed by atoms with Crippen molar-refractivity contribution < 1.29 is 29.1 Å². The van der Waals surface area contributed by atoms with Gasteiger partial charge in [0.2, 0.25) is 17.6 Å². The van der Waals surface area contributed by atoms with Crippen LogP contribution < -0.4 is 16.4 Å². The Labute approximate surface area is 205 Å². The summed E-state index contributed by atoms with van der Waals surface area (Å²) in [6.45, 7) is 7.64. The number of nitrogens with zero attached hydrogens (tertiary/aromatic N) is 1. The summed E-state index contributed by atoms with van der Waals surface area (Å²) >= 11 is 0. The molecule has 1 aliphatic rings. The molecule has 192 valence electrons. The van der Waals surface area contributed by atoms with Crippen LogP contribution in [0.15, 0.2) is 30.3 Å². The molecule has 2 rings (SSSR count). The molecule has 0 aliphatic carbocycles. The monoisotopic (exact) mass is 488 g/mol. The molecule has 0 unspecified atom stereocenters. The van der Waals surface area contributed by atoms with Crippen molar-refractivity contribution in [2.75, 3.05) is 6.54 Å². The number of benzene rings is 1. The molecule has 10 nitrogen and oxygen atoms in total. The molecule has 1 aliphatic heterocycles. The van der Waals surface area contributed by atoms with Crippen LogP contribution >= 0.6 is 0 Å². The van der Waals surface area contributed by atoms with E-state index in [1.165, 1.54) is 0 Å². The third-order valence-corrected chi connectivity index (χ3v) is 6.21. The maximum Gasteiger partial charge on any atom is 0.408 e. The summed E-state index contributed by atoms with van der Waals surface area (Å²) in [5, 5.41) is 15.4. The van der Waals surface area contributed by atoms with Crippen molar-refractivity contribution in [1.82, 2.24) is 15.5 Å². The molecule has 0 radical (unpaired) electrons. The van der Waals surface area contributed by atoms with E-state index in [-0.39, 0.29) is 24.7 Å². The molecule has 1 fully saturated rings. The number of amides is 4. The SMILES string of the molecule is CC(C)C[C@@H](C(=O)N[C@@H](C[C@@H]1CCNC1=O)C(=O)C(N)=O)N(C(=O)O)C(C)(C)Cc1ccccc1. The molecule has 0 aromatic heterocycles. The molecule has 0 saturated carbocycles. The van der Waals surface area contributed by atoms with Crippen LogP contribution in [-0.4, -0.2) is 63.8 Å². The Balaban J connectivity index is 2.35. The van der Waals surface area contributed by atoms with E-state index in [4.69, 9.17) is 5.73 Å². The van der Waals surface area contributed by atoms with Gasteiger partial charge in [-0.25, -0.2) is 4.79 Å². The fraction of sp³-hybridized carbons (Fsp3) is 0.560. The first-order valence-corrected chi connectivity index (χ1v) is 11.8. The lowest BCUT2D eigenvalue weighted by Gasteiger charge is -2.42. The topological polar surface area (TPSA) is 159 Å². The average Bonchev–Trinajstić information content (AvgIpc) is 3.16. The molecule has 35 heavy (non-hydrogen) atoms. The predicted molar refractivity (Wildman–Crippen MR) is 129 cm³/mol. The van der Waals surface area contributed by atoms with Crippen LogP contribution in [0.1, 0.15) is 52.5 Å². The van der Waals surface area contributed by atoms with Crippen LogP contribution in [0, 0.1) is 11.8 Å². The maximum absolute atomic E-state index is 13.5. The number of hydrogen-bond acceptors (Lipinski definition) is 5. The van der Waals surface area contributed by atoms with E-state index in [0.29, 0.717) is 19.4 Å². The molecule has 3 atom stereocenters. The summed E-state index contributed by atoms with van der Waals surface area (Å²) in [6, 6.07) is 6.88. The lowest BCUT2D eigenvalue weighted by atomic mass is 9.89. The van der Waals surface area contributed by atoms with Gasteiger partial charge in [-0.3, -0.25) is 24.1 Å². The molecule has 0 bridgehead atoms. The standard InChI is InChI=1S/C25H36N4O6/c1-15(2)12-19(29(24(34)35)25(3,4)14-16-8-6-5-7-9-16)23(33)28-18(20(30)21(26)31)13-17-10-11-27-22(17)32/h5-9,15,17-19H,10-14H2,1-4H3,(H2,26,31)(H,27,32)(H,28,33)(H,34,35)/t17-,18-,19-/m0/s1. The smallest absolute Gasteiger partial charge is 0.408 e. The van der Waals surface area contributed by atoms with Gasteiger partial charge < -0.3 is 21.5 Å². The summed E-state index contributed by atoms with van der Waals surface area (Å²) in [7, 11) is 0. The van der Waals surface area contributed by atoms with Gasteiger partial charge in [0.1, 0.15) is 6.04 Å². The number of nitrogens with one attached hydrogen (secondary N) is 2. The largest absolute Gasteiger partial charge is 0.465 e. The van der Waals surface area contributed by atoms with Gasteiger partial charge in [-0.05, 0) is 51.0 Å². The number of carboxylic acid groups (broad SMARTS) is 1. The first-order valence-electron chi connectivity index (χ1n) is 11.8. The number of carbonyl (C=O) groups excluding carboxylic acids is 4. The highest BCUT2D eigenvalue weighted by atomic mass is 16.4. The van der Waals surface area contributed by atoms with Crippen molar-refractivity contribution in [3.05, 3.63) is 35.9 Å². The zero-order valence-electron chi connectivity index (χ0n) is 20.7. The zero-order valence-corrected chi connectivity index (χ0v) is 20.7. The van der Waals surface area contributed by atoms with Crippen molar-refractivity contribution >= 4 is 29.6 Å². The number of rotatable bonds is 12. The van der Waals surface area contributed by atoms with Gasteiger partial charge in [0.05, 0.1) is 6.04 Å². The van der Waals surface area contributed by atoms with E-state index in [0.717, 1.165) is 10.5 Å². The minimum Gasteiger partial charge on any atom is -0.465 e. The van der Waals surface area contributed by atoms with Crippen molar-refractivity contribution in [2.24, 2.45) is 17.6 Å².